The van der Waals surface area contributed by atoms with Crippen LogP contribution in [0.15, 0.2) is 81.3 Å². The third-order valence-electron chi connectivity index (χ3n) is 4.15. The van der Waals surface area contributed by atoms with Crippen LogP contribution >= 0.6 is 11.6 Å². The van der Waals surface area contributed by atoms with E-state index in [9.17, 15) is 13.2 Å². The molecule has 0 aliphatic carbocycles. The average Bonchev–Trinajstić information content (AvgIpc) is 3.21. The number of nitrogens with zero attached hydrogens (tertiary/aromatic N) is 2. The zero-order chi connectivity index (χ0) is 21.6. The SMILES string of the molecule is Cc1ccc(S(=O)(=O)N(CC(=O)N/N=C\c2ccco2)Cc2cccc(Cl)c2)cc1. The summed E-state index contributed by atoms with van der Waals surface area (Å²) < 4.78 is 32.6. The van der Waals surface area contributed by atoms with Gasteiger partial charge in [-0.2, -0.15) is 9.41 Å². The molecule has 3 rings (SSSR count). The van der Waals surface area contributed by atoms with Crippen molar-refractivity contribution in [3.63, 3.8) is 0 Å². The Morgan fingerprint density at radius 2 is 1.93 bits per heavy atom. The number of amides is 1. The lowest BCUT2D eigenvalue weighted by Gasteiger charge is -2.21. The molecule has 30 heavy (non-hydrogen) atoms. The number of aryl methyl sites for hydroxylation is 1. The molecule has 7 nitrogen and oxygen atoms in total. The second-order valence-electron chi connectivity index (χ2n) is 6.52. The first-order chi connectivity index (χ1) is 14.3. The van der Waals surface area contributed by atoms with Gasteiger partial charge >= 0.3 is 0 Å². The molecule has 0 aliphatic heterocycles. The molecule has 1 amide bonds. The van der Waals surface area contributed by atoms with Gasteiger partial charge in [-0.25, -0.2) is 13.8 Å². The number of rotatable bonds is 8. The molecule has 0 atom stereocenters. The van der Waals surface area contributed by atoms with E-state index >= 15 is 0 Å². The van der Waals surface area contributed by atoms with Crippen LogP contribution in [0.5, 0.6) is 0 Å². The van der Waals surface area contributed by atoms with Gasteiger partial charge in [-0.15, -0.1) is 0 Å². The van der Waals surface area contributed by atoms with Gasteiger partial charge in [-0.05, 0) is 48.9 Å². The van der Waals surface area contributed by atoms with E-state index in [1.165, 1.54) is 24.6 Å². The minimum Gasteiger partial charge on any atom is -0.463 e. The van der Waals surface area contributed by atoms with Crippen molar-refractivity contribution in [2.24, 2.45) is 5.10 Å². The van der Waals surface area contributed by atoms with Crippen LogP contribution in [0.3, 0.4) is 0 Å². The fraction of sp³-hybridized carbons (Fsp3) is 0.143. The summed E-state index contributed by atoms with van der Waals surface area (Å²) in [5.74, 6) is -0.131. The number of hydrogen-bond acceptors (Lipinski definition) is 5. The molecular formula is C21H20ClN3O4S. The first kappa shape index (κ1) is 21.8. The molecule has 0 radical (unpaired) electrons. The number of hydrazone groups is 1. The standard InChI is InChI=1S/C21H20ClN3O4S/c1-16-7-9-20(10-8-16)30(27,28)25(14-17-4-2-5-18(22)12-17)15-21(26)24-23-13-19-6-3-11-29-19/h2-13H,14-15H2,1H3,(H,24,26)/b23-13-. The largest absolute Gasteiger partial charge is 0.463 e. The second-order valence-corrected chi connectivity index (χ2v) is 8.90. The van der Waals surface area contributed by atoms with Gasteiger partial charge in [0.1, 0.15) is 5.76 Å². The summed E-state index contributed by atoms with van der Waals surface area (Å²) in [5.41, 5.74) is 3.91. The minimum atomic E-state index is -3.93. The third kappa shape index (κ3) is 5.79. The molecule has 1 N–H and O–H groups in total. The van der Waals surface area contributed by atoms with Gasteiger partial charge in [0.25, 0.3) is 5.91 Å². The van der Waals surface area contributed by atoms with Gasteiger partial charge in [0.05, 0.1) is 23.9 Å². The molecule has 0 bridgehead atoms. The van der Waals surface area contributed by atoms with Crippen molar-refractivity contribution < 1.29 is 17.6 Å². The van der Waals surface area contributed by atoms with Crippen molar-refractivity contribution in [1.29, 1.82) is 0 Å². The molecule has 0 aliphatic rings. The summed E-state index contributed by atoms with van der Waals surface area (Å²) in [4.78, 5) is 12.5. The highest BCUT2D eigenvalue weighted by atomic mass is 35.5. The first-order valence-electron chi connectivity index (χ1n) is 9.01. The lowest BCUT2D eigenvalue weighted by molar-refractivity contribution is -0.121. The average molecular weight is 446 g/mol. The summed E-state index contributed by atoms with van der Waals surface area (Å²) >= 11 is 6.02. The number of carbonyl (C=O) groups excluding carboxylic acids is 1. The highest BCUT2D eigenvalue weighted by Gasteiger charge is 2.27. The van der Waals surface area contributed by atoms with E-state index in [2.05, 4.69) is 10.5 Å². The number of carbonyl (C=O) groups is 1. The topological polar surface area (TPSA) is 92.0 Å². The Bertz CT molecular complexity index is 1130. The van der Waals surface area contributed by atoms with Crippen LogP contribution < -0.4 is 5.43 Å². The minimum absolute atomic E-state index is 0.0217. The monoisotopic (exact) mass is 445 g/mol. The highest BCUT2D eigenvalue weighted by molar-refractivity contribution is 7.89. The number of sulfonamides is 1. The van der Waals surface area contributed by atoms with Gasteiger partial charge in [0.15, 0.2) is 0 Å². The predicted octanol–water partition coefficient (Wildman–Crippen LogP) is 3.58. The van der Waals surface area contributed by atoms with Crippen molar-refractivity contribution >= 4 is 33.7 Å². The molecule has 0 saturated heterocycles. The van der Waals surface area contributed by atoms with Crippen LogP contribution in [0.2, 0.25) is 5.02 Å². The Morgan fingerprint density at radius 1 is 1.17 bits per heavy atom. The quantitative estimate of drug-likeness (QED) is 0.423. The maximum absolute atomic E-state index is 13.2. The van der Waals surface area contributed by atoms with Gasteiger partial charge in [0.2, 0.25) is 10.0 Å². The van der Waals surface area contributed by atoms with E-state index < -0.39 is 22.5 Å². The van der Waals surface area contributed by atoms with Crippen LogP contribution in [-0.4, -0.2) is 31.4 Å². The molecular weight excluding hydrogens is 426 g/mol. The van der Waals surface area contributed by atoms with E-state index in [0.717, 1.165) is 9.87 Å². The van der Waals surface area contributed by atoms with Gasteiger partial charge in [0, 0.05) is 11.6 Å². The Morgan fingerprint density at radius 3 is 2.60 bits per heavy atom. The number of benzene rings is 2. The zero-order valence-corrected chi connectivity index (χ0v) is 17.7. The van der Waals surface area contributed by atoms with Crippen molar-refractivity contribution in [3.8, 4) is 0 Å². The fourth-order valence-electron chi connectivity index (χ4n) is 2.65. The Balaban J connectivity index is 1.81. The van der Waals surface area contributed by atoms with Crippen molar-refractivity contribution in [3.05, 3.63) is 88.8 Å². The van der Waals surface area contributed by atoms with Crippen LogP contribution in [0.4, 0.5) is 0 Å². The molecule has 0 fully saturated rings. The maximum Gasteiger partial charge on any atom is 0.255 e. The third-order valence-corrected chi connectivity index (χ3v) is 6.19. The van der Waals surface area contributed by atoms with E-state index in [4.69, 9.17) is 16.0 Å². The number of nitrogens with one attached hydrogen (secondary N) is 1. The van der Waals surface area contributed by atoms with Crippen LogP contribution in [0.1, 0.15) is 16.9 Å². The molecule has 0 saturated carbocycles. The number of hydrogen-bond donors (Lipinski definition) is 1. The predicted molar refractivity (Wildman–Crippen MR) is 115 cm³/mol. The summed E-state index contributed by atoms with van der Waals surface area (Å²) in [6.07, 6.45) is 2.80. The van der Waals surface area contributed by atoms with Crippen LogP contribution in [0, 0.1) is 6.92 Å². The van der Waals surface area contributed by atoms with Crippen LogP contribution in [0.25, 0.3) is 0 Å². The van der Waals surface area contributed by atoms with Crippen molar-refractivity contribution in [2.75, 3.05) is 6.54 Å². The van der Waals surface area contributed by atoms with Crippen molar-refractivity contribution in [2.45, 2.75) is 18.4 Å². The maximum atomic E-state index is 13.2. The summed E-state index contributed by atoms with van der Waals surface area (Å²) in [7, 11) is -3.93. The molecule has 1 heterocycles. The number of furan rings is 1. The van der Waals surface area contributed by atoms with E-state index in [-0.39, 0.29) is 11.4 Å². The van der Waals surface area contributed by atoms with Gasteiger partial charge in [-0.3, -0.25) is 4.79 Å². The Kier molecular flexibility index (Phi) is 7.04. The van der Waals surface area contributed by atoms with Crippen LogP contribution in [-0.2, 0) is 21.4 Å². The smallest absolute Gasteiger partial charge is 0.255 e. The molecule has 9 heteroatoms. The summed E-state index contributed by atoms with van der Waals surface area (Å²) in [6.45, 7) is 1.43. The molecule has 1 aromatic heterocycles. The zero-order valence-electron chi connectivity index (χ0n) is 16.2. The van der Waals surface area contributed by atoms with E-state index in [1.54, 1.807) is 48.5 Å². The second kappa shape index (κ2) is 9.71. The molecule has 156 valence electrons. The number of halogens is 1. The summed E-state index contributed by atoms with van der Waals surface area (Å²) in [5, 5.41) is 4.27. The lowest BCUT2D eigenvalue weighted by Crippen LogP contribution is -2.39. The normalized spacial score (nSPS) is 11.8. The molecule has 3 aromatic rings. The fourth-order valence-corrected chi connectivity index (χ4v) is 4.25. The van der Waals surface area contributed by atoms with E-state index in [0.29, 0.717) is 16.3 Å². The first-order valence-corrected chi connectivity index (χ1v) is 10.8. The lowest BCUT2D eigenvalue weighted by atomic mass is 10.2. The highest BCUT2D eigenvalue weighted by Crippen LogP contribution is 2.20. The van der Waals surface area contributed by atoms with Gasteiger partial charge in [-0.1, -0.05) is 41.4 Å². The molecule has 0 spiro atoms. The molecule has 2 aromatic carbocycles. The van der Waals surface area contributed by atoms with Crippen molar-refractivity contribution in [1.82, 2.24) is 9.73 Å². The van der Waals surface area contributed by atoms with Gasteiger partial charge < -0.3 is 4.42 Å². The Labute approximate surface area is 180 Å². The van der Waals surface area contributed by atoms with E-state index in [1.807, 2.05) is 6.92 Å². The molecule has 0 unspecified atom stereocenters. The Hall–Kier alpha value is -2.94. The summed E-state index contributed by atoms with van der Waals surface area (Å²) in [6, 6.07) is 16.6.